The Kier molecular flexibility index (Phi) is 5.96. The smallest absolute Gasteiger partial charge is 0.353 e. The molecule has 31 heavy (non-hydrogen) atoms. The predicted octanol–water partition coefficient (Wildman–Crippen LogP) is 4.39. The van der Waals surface area contributed by atoms with Gasteiger partial charge < -0.3 is 14.6 Å². The first-order valence-corrected chi connectivity index (χ1v) is 11.1. The fraction of sp³-hybridized carbons (Fsp3) is 0.292. The van der Waals surface area contributed by atoms with Gasteiger partial charge in [-0.2, -0.15) is 0 Å². The minimum absolute atomic E-state index is 0.00356. The van der Waals surface area contributed by atoms with Gasteiger partial charge in [-0.05, 0) is 47.9 Å². The summed E-state index contributed by atoms with van der Waals surface area (Å²) < 4.78 is 2.17. The Bertz CT molecular complexity index is 1220. The number of rotatable bonds is 4. The molecule has 1 aliphatic heterocycles. The standard InChI is InChI=1S/C24H23BrN2O4/c1-15(28)26-11-5-6-16(13-26)14-27-22(24(30)31)21(17-7-3-2-4-8-17)20-12-18(25)9-10-19(20)23(27)29/h2-4,7-10,12,16H,5-6,11,13-14H2,1H3,(H,30,31). The van der Waals surface area contributed by atoms with Gasteiger partial charge >= 0.3 is 5.97 Å². The van der Waals surface area contributed by atoms with Crippen LogP contribution in [0.25, 0.3) is 21.9 Å². The molecule has 0 saturated carbocycles. The first-order chi connectivity index (χ1) is 14.9. The number of carboxylic acids is 1. The molecule has 0 radical (unpaired) electrons. The quantitative estimate of drug-likeness (QED) is 0.597. The molecule has 4 rings (SSSR count). The highest BCUT2D eigenvalue weighted by molar-refractivity contribution is 9.10. The topological polar surface area (TPSA) is 79.6 Å². The molecule has 6 nitrogen and oxygen atoms in total. The van der Waals surface area contributed by atoms with E-state index in [1.165, 1.54) is 4.57 Å². The van der Waals surface area contributed by atoms with E-state index < -0.39 is 5.97 Å². The zero-order valence-corrected chi connectivity index (χ0v) is 18.8. The molecule has 2 heterocycles. The number of aromatic carboxylic acids is 1. The summed E-state index contributed by atoms with van der Waals surface area (Å²) in [7, 11) is 0. The largest absolute Gasteiger partial charge is 0.477 e. The van der Waals surface area contributed by atoms with Crippen molar-refractivity contribution in [2.45, 2.75) is 26.3 Å². The number of fused-ring (bicyclic) bond motifs is 1. The van der Waals surface area contributed by atoms with Gasteiger partial charge in [0.2, 0.25) is 5.91 Å². The van der Waals surface area contributed by atoms with Gasteiger partial charge in [0, 0.05) is 42.0 Å². The summed E-state index contributed by atoms with van der Waals surface area (Å²) in [5.74, 6) is -1.12. The Labute approximate surface area is 188 Å². The van der Waals surface area contributed by atoms with Crippen LogP contribution in [0.15, 0.2) is 57.8 Å². The Hall–Kier alpha value is -2.93. The van der Waals surface area contributed by atoms with Gasteiger partial charge in [-0.3, -0.25) is 9.59 Å². The Morgan fingerprint density at radius 1 is 1.13 bits per heavy atom. The van der Waals surface area contributed by atoms with Crippen LogP contribution in [0.2, 0.25) is 0 Å². The van der Waals surface area contributed by atoms with Crippen molar-refractivity contribution in [3.05, 3.63) is 69.1 Å². The lowest BCUT2D eigenvalue weighted by Crippen LogP contribution is -2.41. The molecule has 1 saturated heterocycles. The molecular formula is C24H23BrN2O4. The summed E-state index contributed by atoms with van der Waals surface area (Å²) in [6.07, 6.45) is 1.68. The number of nitrogens with zero attached hydrogens (tertiary/aromatic N) is 2. The third kappa shape index (κ3) is 4.14. The lowest BCUT2D eigenvalue weighted by atomic mass is 9.94. The first-order valence-electron chi connectivity index (χ1n) is 10.3. The van der Waals surface area contributed by atoms with Gasteiger partial charge in [0.1, 0.15) is 5.69 Å². The van der Waals surface area contributed by atoms with Gasteiger partial charge in [0.05, 0.1) is 0 Å². The van der Waals surface area contributed by atoms with Crippen LogP contribution in [0.1, 0.15) is 30.3 Å². The minimum Gasteiger partial charge on any atom is -0.477 e. The van der Waals surface area contributed by atoms with E-state index >= 15 is 0 Å². The number of benzene rings is 2. The van der Waals surface area contributed by atoms with E-state index in [2.05, 4.69) is 15.9 Å². The number of pyridine rings is 1. The average molecular weight is 483 g/mol. The van der Waals surface area contributed by atoms with Crippen molar-refractivity contribution in [2.75, 3.05) is 13.1 Å². The summed E-state index contributed by atoms with van der Waals surface area (Å²) in [5, 5.41) is 11.3. The normalized spacial score (nSPS) is 16.5. The predicted molar refractivity (Wildman–Crippen MR) is 123 cm³/mol. The summed E-state index contributed by atoms with van der Waals surface area (Å²) in [5.41, 5.74) is 0.940. The molecule has 1 unspecified atom stereocenters. The number of carbonyl (C=O) groups is 2. The summed E-state index contributed by atoms with van der Waals surface area (Å²) in [4.78, 5) is 39.5. The van der Waals surface area contributed by atoms with Crippen LogP contribution in [0.5, 0.6) is 0 Å². The van der Waals surface area contributed by atoms with E-state index in [-0.39, 0.29) is 29.6 Å². The molecule has 1 aromatic heterocycles. The fourth-order valence-electron chi connectivity index (χ4n) is 4.47. The molecule has 1 atom stereocenters. The number of likely N-dealkylation sites (tertiary alicyclic amines) is 1. The molecule has 0 spiro atoms. The van der Waals surface area contributed by atoms with Gasteiger partial charge in [0.15, 0.2) is 0 Å². The van der Waals surface area contributed by atoms with Crippen molar-refractivity contribution in [3.63, 3.8) is 0 Å². The van der Waals surface area contributed by atoms with Crippen LogP contribution < -0.4 is 5.56 Å². The number of halogens is 1. The van der Waals surface area contributed by atoms with Crippen LogP contribution >= 0.6 is 15.9 Å². The number of carboxylic acid groups (broad SMARTS) is 1. The summed E-state index contributed by atoms with van der Waals surface area (Å²) in [6, 6.07) is 14.6. The van der Waals surface area contributed by atoms with Crippen molar-refractivity contribution < 1.29 is 14.7 Å². The molecule has 160 valence electrons. The SMILES string of the molecule is CC(=O)N1CCCC(Cn2c(C(=O)O)c(-c3ccccc3)c3cc(Br)ccc3c2=O)C1. The lowest BCUT2D eigenvalue weighted by Gasteiger charge is -2.33. The number of piperidine rings is 1. The molecule has 1 aliphatic rings. The first kappa shape index (κ1) is 21.3. The van der Waals surface area contributed by atoms with Crippen LogP contribution in [0.3, 0.4) is 0 Å². The van der Waals surface area contributed by atoms with Gasteiger partial charge in [-0.1, -0.05) is 46.3 Å². The molecule has 1 fully saturated rings. The molecular weight excluding hydrogens is 460 g/mol. The highest BCUT2D eigenvalue weighted by atomic mass is 79.9. The maximum Gasteiger partial charge on any atom is 0.353 e. The maximum absolute atomic E-state index is 13.4. The second-order valence-corrected chi connectivity index (χ2v) is 8.89. The minimum atomic E-state index is -1.14. The van der Waals surface area contributed by atoms with Gasteiger partial charge in [-0.25, -0.2) is 4.79 Å². The third-order valence-corrected chi connectivity index (χ3v) is 6.40. The second kappa shape index (κ2) is 8.67. The van der Waals surface area contributed by atoms with Crippen LogP contribution in [-0.4, -0.2) is 39.5 Å². The van der Waals surface area contributed by atoms with Crippen LogP contribution in [-0.2, 0) is 11.3 Å². The van der Waals surface area contributed by atoms with Crippen LogP contribution in [0, 0.1) is 5.92 Å². The van der Waals surface area contributed by atoms with Gasteiger partial charge in [-0.15, -0.1) is 0 Å². The van der Waals surface area contributed by atoms with E-state index in [1.807, 2.05) is 30.3 Å². The number of aromatic nitrogens is 1. The summed E-state index contributed by atoms with van der Waals surface area (Å²) in [6.45, 7) is 3.03. The molecule has 0 bridgehead atoms. The number of hydrogen-bond acceptors (Lipinski definition) is 3. The van der Waals surface area contributed by atoms with Crippen molar-refractivity contribution >= 4 is 38.6 Å². The highest BCUT2D eigenvalue weighted by Gasteiger charge is 2.27. The van der Waals surface area contributed by atoms with Crippen molar-refractivity contribution in [1.82, 2.24) is 9.47 Å². The Morgan fingerprint density at radius 2 is 1.87 bits per heavy atom. The zero-order chi connectivity index (χ0) is 22.1. The monoisotopic (exact) mass is 482 g/mol. The van der Waals surface area contributed by atoms with Gasteiger partial charge in [0.25, 0.3) is 5.56 Å². The maximum atomic E-state index is 13.4. The van der Waals surface area contributed by atoms with Crippen molar-refractivity contribution in [1.29, 1.82) is 0 Å². The van der Waals surface area contributed by atoms with E-state index in [1.54, 1.807) is 30.0 Å². The molecule has 3 aromatic rings. The number of hydrogen-bond donors (Lipinski definition) is 1. The molecule has 0 aliphatic carbocycles. The zero-order valence-electron chi connectivity index (χ0n) is 17.2. The van der Waals surface area contributed by atoms with E-state index in [0.717, 1.165) is 22.9 Å². The van der Waals surface area contributed by atoms with Crippen LogP contribution in [0.4, 0.5) is 0 Å². The highest BCUT2D eigenvalue weighted by Crippen LogP contribution is 2.33. The van der Waals surface area contributed by atoms with E-state index in [9.17, 15) is 19.5 Å². The third-order valence-electron chi connectivity index (χ3n) is 5.90. The van der Waals surface area contributed by atoms with Crippen molar-refractivity contribution in [3.8, 4) is 11.1 Å². The Morgan fingerprint density at radius 3 is 2.55 bits per heavy atom. The van der Waals surface area contributed by atoms with E-state index in [4.69, 9.17) is 0 Å². The molecule has 2 aromatic carbocycles. The van der Waals surface area contributed by atoms with E-state index in [0.29, 0.717) is 29.4 Å². The van der Waals surface area contributed by atoms with Crippen molar-refractivity contribution in [2.24, 2.45) is 5.92 Å². The average Bonchev–Trinajstić information content (AvgIpc) is 2.76. The molecule has 7 heteroatoms. The lowest BCUT2D eigenvalue weighted by molar-refractivity contribution is -0.130. The second-order valence-electron chi connectivity index (χ2n) is 7.97. The molecule has 1 N–H and O–H groups in total. The summed E-state index contributed by atoms with van der Waals surface area (Å²) >= 11 is 3.45. The number of amides is 1. The molecule has 1 amide bonds. The fourth-order valence-corrected chi connectivity index (χ4v) is 4.83. The number of carbonyl (C=O) groups excluding carboxylic acids is 1. The Balaban J connectivity index is 1.95.